The molecule has 39 heavy (non-hydrogen) atoms. The van der Waals surface area contributed by atoms with Crippen molar-refractivity contribution in [1.82, 2.24) is 29.5 Å². The van der Waals surface area contributed by atoms with Crippen molar-refractivity contribution in [2.75, 3.05) is 12.4 Å². The Labute approximate surface area is 257 Å². The third kappa shape index (κ3) is 9.77. The molecule has 4 heterocycles. The number of esters is 1. The highest BCUT2D eigenvalue weighted by Crippen LogP contribution is 2.31. The zero-order valence-corrected chi connectivity index (χ0v) is 26.3. The minimum atomic E-state index is -0.148. The number of carbonyl (C=O) groups excluding carboxylic acids is 1. The van der Waals surface area contributed by atoms with Gasteiger partial charge in [-0.1, -0.05) is 56.3 Å². The summed E-state index contributed by atoms with van der Waals surface area (Å²) in [6, 6.07) is 7.36. The van der Waals surface area contributed by atoms with Crippen LogP contribution in [0, 0.1) is 9.49 Å². The van der Waals surface area contributed by atoms with Gasteiger partial charge in [0.2, 0.25) is 0 Å². The first-order chi connectivity index (χ1) is 18.9. The van der Waals surface area contributed by atoms with Gasteiger partial charge in [0.05, 0.1) is 23.1 Å². The molecule has 0 spiro atoms. The van der Waals surface area contributed by atoms with Crippen LogP contribution in [0.25, 0.3) is 11.6 Å². The predicted molar refractivity (Wildman–Crippen MR) is 165 cm³/mol. The third-order valence-corrected chi connectivity index (χ3v) is 8.82. The lowest BCUT2D eigenvalue weighted by Gasteiger charge is -2.14. The van der Waals surface area contributed by atoms with Crippen molar-refractivity contribution in [1.29, 1.82) is 0 Å². The number of thioether (sulfide) groups is 1. The molecule has 0 N–H and O–H groups in total. The first-order valence-corrected chi connectivity index (χ1v) is 15.5. The van der Waals surface area contributed by atoms with E-state index >= 15 is 0 Å². The molecule has 8 nitrogen and oxygen atoms in total. The van der Waals surface area contributed by atoms with Gasteiger partial charge in [0.15, 0.2) is 11.6 Å². The molecule has 0 aliphatic heterocycles. The Kier molecular flexibility index (Phi) is 13.5. The monoisotopic (exact) mass is 700 g/mol. The number of pyridine rings is 2. The highest BCUT2D eigenvalue weighted by atomic mass is 127. The van der Waals surface area contributed by atoms with Crippen LogP contribution in [0.5, 0.6) is 0 Å². The van der Waals surface area contributed by atoms with Gasteiger partial charge in [0.25, 0.3) is 0 Å². The molecule has 0 aliphatic rings. The van der Waals surface area contributed by atoms with E-state index in [9.17, 15) is 4.79 Å². The number of hydrogen-bond donors (Lipinski definition) is 0. The topological polar surface area (TPSA) is 87.7 Å². The zero-order chi connectivity index (χ0) is 28.0. The minimum Gasteiger partial charge on any atom is -0.465 e. The van der Waals surface area contributed by atoms with Crippen molar-refractivity contribution >= 4 is 63.5 Å². The van der Waals surface area contributed by atoms with E-state index < -0.39 is 0 Å². The summed E-state index contributed by atoms with van der Waals surface area (Å²) in [5, 5.41) is 9.38. The first kappa shape index (κ1) is 31.4. The van der Waals surface area contributed by atoms with Gasteiger partial charge in [0, 0.05) is 51.4 Å². The van der Waals surface area contributed by atoms with E-state index in [1.807, 2.05) is 30.5 Å². The fourth-order valence-electron chi connectivity index (χ4n) is 3.47. The van der Waals surface area contributed by atoms with Gasteiger partial charge in [0.1, 0.15) is 0 Å². The van der Waals surface area contributed by atoms with E-state index in [0.717, 1.165) is 21.3 Å². The van der Waals surface area contributed by atoms with Crippen molar-refractivity contribution in [3.8, 4) is 11.6 Å². The van der Waals surface area contributed by atoms with Crippen LogP contribution in [-0.4, -0.2) is 47.9 Å². The molecule has 4 aromatic heterocycles. The maximum atomic E-state index is 12.0. The Morgan fingerprint density at radius 2 is 1.64 bits per heavy atom. The summed E-state index contributed by atoms with van der Waals surface area (Å²) >= 11 is 16.2. The Hall–Kier alpha value is -2.15. The smallest absolute Gasteiger partial charge is 0.306 e. The summed E-state index contributed by atoms with van der Waals surface area (Å²) in [5.41, 5.74) is 0. The van der Waals surface area contributed by atoms with Gasteiger partial charge >= 0.3 is 5.97 Å². The van der Waals surface area contributed by atoms with Crippen molar-refractivity contribution in [2.45, 2.75) is 50.8 Å². The Balaban J connectivity index is 0.000000268. The summed E-state index contributed by atoms with van der Waals surface area (Å²) < 4.78 is 9.67. The highest BCUT2D eigenvalue weighted by Gasteiger charge is 2.13. The molecule has 0 aromatic carbocycles. The van der Waals surface area contributed by atoms with Gasteiger partial charge in [-0.3, -0.25) is 4.79 Å². The number of ether oxygens (including phenoxy) is 1. The maximum absolute atomic E-state index is 12.0. The molecular formula is C27H31Cl2IN6O2S. The number of rotatable bonds is 12. The lowest BCUT2D eigenvalue weighted by atomic mass is 10.0. The predicted octanol–water partition coefficient (Wildman–Crippen LogP) is 7.69. The number of unbranched alkanes of at least 4 members (excludes halogenated alkanes) is 1. The molecular weight excluding hydrogens is 670 g/mol. The number of carbonyl (C=O) groups is 1. The molecule has 0 saturated heterocycles. The second-order valence-corrected chi connectivity index (χ2v) is 11.5. The number of aromatic nitrogens is 6. The quantitative estimate of drug-likeness (QED) is 0.0851. The molecule has 0 fully saturated rings. The van der Waals surface area contributed by atoms with Crippen LogP contribution in [0.15, 0.2) is 66.3 Å². The largest absolute Gasteiger partial charge is 0.465 e. The zero-order valence-electron chi connectivity index (χ0n) is 21.8. The molecule has 0 saturated carbocycles. The van der Waals surface area contributed by atoms with Gasteiger partial charge in [-0.15, -0.1) is 11.8 Å². The molecule has 4 rings (SSSR count). The van der Waals surface area contributed by atoms with Gasteiger partial charge in [-0.2, -0.15) is 10.2 Å². The summed E-state index contributed by atoms with van der Waals surface area (Å²) in [6.45, 7) is 4.85. The van der Waals surface area contributed by atoms with Crippen LogP contribution in [0.1, 0.15) is 46.0 Å². The minimum absolute atomic E-state index is 0.148. The SMILES string of the molecule is CCCCC(CC)COC(=O)CCSc1ccnc(-n2cccn2)c1Cl.Clc1c(I)ccnc1-n1cccn1. The first-order valence-electron chi connectivity index (χ1n) is 12.7. The maximum Gasteiger partial charge on any atom is 0.306 e. The molecule has 0 amide bonds. The second kappa shape index (κ2) is 16.8. The lowest BCUT2D eigenvalue weighted by molar-refractivity contribution is -0.144. The summed E-state index contributed by atoms with van der Waals surface area (Å²) in [4.78, 5) is 21.3. The van der Waals surface area contributed by atoms with E-state index in [1.54, 1.807) is 40.3 Å². The third-order valence-electron chi connectivity index (χ3n) is 5.69. The number of halogens is 3. The second-order valence-electron chi connectivity index (χ2n) is 8.48. The van der Waals surface area contributed by atoms with E-state index in [0.29, 0.717) is 46.4 Å². The van der Waals surface area contributed by atoms with E-state index in [4.69, 9.17) is 27.9 Å². The number of nitrogens with zero attached hydrogens (tertiary/aromatic N) is 6. The molecule has 0 aliphatic carbocycles. The average molecular weight is 701 g/mol. The van der Waals surface area contributed by atoms with Crippen LogP contribution in [0.3, 0.4) is 0 Å². The molecule has 0 bridgehead atoms. The Morgan fingerprint density at radius 3 is 2.23 bits per heavy atom. The fraction of sp³-hybridized carbons (Fsp3) is 0.370. The Morgan fingerprint density at radius 1 is 1.00 bits per heavy atom. The summed E-state index contributed by atoms with van der Waals surface area (Å²) in [5.74, 6) is 2.19. The van der Waals surface area contributed by atoms with Gasteiger partial charge in [-0.25, -0.2) is 19.3 Å². The standard InChI is InChI=1S/C19H26ClN3O2S.C8H5ClIN3/c1-3-5-7-15(4-2)14-25-17(24)9-13-26-16-8-11-21-19(18(16)20)23-12-6-10-22-23;9-7-6(10)2-4-11-8(7)13-5-1-3-12-13/h6,8,10-12,15H,3-5,7,9,13-14H2,1-2H3;1-5H. The van der Waals surface area contributed by atoms with Gasteiger partial charge < -0.3 is 4.74 Å². The fourth-order valence-corrected chi connectivity index (χ4v) is 5.30. The molecule has 1 unspecified atom stereocenters. The summed E-state index contributed by atoms with van der Waals surface area (Å²) in [7, 11) is 0. The van der Waals surface area contributed by atoms with Crippen molar-refractivity contribution in [3.05, 3.63) is 75.1 Å². The Bertz CT molecular complexity index is 1290. The van der Waals surface area contributed by atoms with Crippen LogP contribution in [-0.2, 0) is 9.53 Å². The van der Waals surface area contributed by atoms with Crippen molar-refractivity contribution in [3.63, 3.8) is 0 Å². The van der Waals surface area contributed by atoms with E-state index in [2.05, 4.69) is 56.6 Å². The molecule has 1 atom stereocenters. The molecule has 208 valence electrons. The number of hydrogen-bond acceptors (Lipinski definition) is 7. The molecule has 12 heteroatoms. The van der Waals surface area contributed by atoms with Crippen LogP contribution in [0.2, 0.25) is 10.0 Å². The summed E-state index contributed by atoms with van der Waals surface area (Å²) in [6.07, 6.45) is 15.3. The van der Waals surface area contributed by atoms with Crippen molar-refractivity contribution < 1.29 is 9.53 Å². The molecule has 4 aromatic rings. The van der Waals surface area contributed by atoms with Gasteiger partial charge in [-0.05, 0) is 59.2 Å². The van der Waals surface area contributed by atoms with E-state index in [1.165, 1.54) is 24.6 Å². The average Bonchev–Trinajstić information content (AvgIpc) is 3.67. The van der Waals surface area contributed by atoms with Crippen LogP contribution < -0.4 is 0 Å². The highest BCUT2D eigenvalue weighted by molar-refractivity contribution is 14.1. The van der Waals surface area contributed by atoms with Crippen molar-refractivity contribution in [2.24, 2.45) is 5.92 Å². The normalized spacial score (nSPS) is 11.5. The van der Waals surface area contributed by atoms with Crippen LogP contribution >= 0.6 is 57.6 Å². The van der Waals surface area contributed by atoms with Crippen LogP contribution in [0.4, 0.5) is 0 Å². The molecule has 0 radical (unpaired) electrons. The van der Waals surface area contributed by atoms with E-state index in [-0.39, 0.29) is 5.97 Å². The lowest BCUT2D eigenvalue weighted by Crippen LogP contribution is -2.14.